The molecule has 2 rings (SSSR count). The van der Waals surface area contributed by atoms with Gasteiger partial charge in [-0.25, -0.2) is 4.98 Å². The zero-order chi connectivity index (χ0) is 13.7. The maximum Gasteiger partial charge on any atom is 0.148 e. The number of aryl methyl sites for hydroxylation is 2. The number of anilines is 2. The number of hydrogen-bond acceptors (Lipinski definition) is 3. The lowest BCUT2D eigenvalue weighted by atomic mass is 10.1. The molecule has 1 N–H and O–H groups in total. The first-order valence-electron chi connectivity index (χ1n) is 6.46. The van der Waals surface area contributed by atoms with Crippen LogP contribution in [0.5, 0.6) is 0 Å². The third-order valence-corrected chi connectivity index (χ3v) is 3.03. The van der Waals surface area contributed by atoms with Crippen molar-refractivity contribution in [2.24, 2.45) is 0 Å². The lowest BCUT2D eigenvalue weighted by Crippen LogP contribution is -1.98. The Morgan fingerprint density at radius 2 is 1.95 bits per heavy atom. The van der Waals surface area contributed by atoms with Crippen LogP contribution in [0.1, 0.15) is 30.0 Å². The molecule has 2 aromatic rings. The summed E-state index contributed by atoms with van der Waals surface area (Å²) in [6.07, 6.45) is 3.95. The molecule has 1 aromatic carbocycles. The number of nitriles is 1. The van der Waals surface area contributed by atoms with Crippen LogP contribution in [-0.4, -0.2) is 4.98 Å². The van der Waals surface area contributed by atoms with E-state index in [1.807, 2.05) is 25.1 Å². The summed E-state index contributed by atoms with van der Waals surface area (Å²) in [6, 6.07) is 12.3. The highest BCUT2D eigenvalue weighted by Crippen LogP contribution is 2.21. The minimum atomic E-state index is 0.597. The molecule has 0 amide bonds. The van der Waals surface area contributed by atoms with Gasteiger partial charge in [0.15, 0.2) is 0 Å². The molecule has 19 heavy (non-hydrogen) atoms. The average Bonchev–Trinajstić information content (AvgIpc) is 2.42. The van der Waals surface area contributed by atoms with Crippen molar-refractivity contribution in [3.05, 3.63) is 53.2 Å². The average molecular weight is 251 g/mol. The zero-order valence-corrected chi connectivity index (χ0v) is 11.3. The summed E-state index contributed by atoms with van der Waals surface area (Å²) in [5, 5.41) is 12.4. The third-order valence-electron chi connectivity index (χ3n) is 3.03. The van der Waals surface area contributed by atoms with E-state index in [9.17, 15) is 0 Å². The van der Waals surface area contributed by atoms with Crippen molar-refractivity contribution in [1.82, 2.24) is 4.98 Å². The molecule has 0 saturated carbocycles. The summed E-state index contributed by atoms with van der Waals surface area (Å²) >= 11 is 0. The van der Waals surface area contributed by atoms with Crippen molar-refractivity contribution >= 4 is 11.5 Å². The Morgan fingerprint density at radius 3 is 2.58 bits per heavy atom. The van der Waals surface area contributed by atoms with E-state index >= 15 is 0 Å². The smallest absolute Gasteiger partial charge is 0.148 e. The van der Waals surface area contributed by atoms with Crippen LogP contribution in [0.3, 0.4) is 0 Å². The molecule has 0 aliphatic carbocycles. The molecule has 0 unspecified atom stereocenters. The van der Waals surface area contributed by atoms with Crippen LogP contribution < -0.4 is 5.32 Å². The minimum Gasteiger partial charge on any atom is -0.339 e. The number of rotatable bonds is 4. The first-order valence-corrected chi connectivity index (χ1v) is 6.46. The van der Waals surface area contributed by atoms with Crippen molar-refractivity contribution in [2.45, 2.75) is 26.7 Å². The van der Waals surface area contributed by atoms with Gasteiger partial charge < -0.3 is 5.32 Å². The molecule has 3 heteroatoms. The highest BCUT2D eigenvalue weighted by atomic mass is 15.0. The third kappa shape index (κ3) is 3.11. The molecule has 0 aliphatic rings. The number of pyridine rings is 1. The van der Waals surface area contributed by atoms with Gasteiger partial charge in [0.25, 0.3) is 0 Å². The summed E-state index contributed by atoms with van der Waals surface area (Å²) < 4.78 is 0. The van der Waals surface area contributed by atoms with Gasteiger partial charge in [-0.3, -0.25) is 0 Å². The summed E-state index contributed by atoms with van der Waals surface area (Å²) in [7, 11) is 0. The largest absolute Gasteiger partial charge is 0.339 e. The van der Waals surface area contributed by atoms with Gasteiger partial charge in [0.1, 0.15) is 11.9 Å². The van der Waals surface area contributed by atoms with Crippen LogP contribution in [0, 0.1) is 18.3 Å². The first kappa shape index (κ1) is 13.1. The number of hydrogen-bond donors (Lipinski definition) is 1. The predicted molar refractivity (Wildman–Crippen MR) is 77.4 cm³/mol. The molecule has 0 fully saturated rings. The van der Waals surface area contributed by atoms with Crippen molar-refractivity contribution in [3.63, 3.8) is 0 Å². The quantitative estimate of drug-likeness (QED) is 0.894. The fourth-order valence-corrected chi connectivity index (χ4v) is 1.97. The summed E-state index contributed by atoms with van der Waals surface area (Å²) in [5.74, 6) is 0.616. The Balaban J connectivity index is 2.22. The minimum absolute atomic E-state index is 0.597. The van der Waals surface area contributed by atoms with Crippen LogP contribution in [0.25, 0.3) is 0 Å². The number of nitrogens with one attached hydrogen (secondary N) is 1. The Hall–Kier alpha value is -2.34. The molecule has 1 heterocycles. The second kappa shape index (κ2) is 6.01. The standard InChI is InChI=1S/C16H17N3/c1-3-4-13-5-7-14(8-6-13)19-16-15(11-17)12(2)9-10-18-16/h5-10H,3-4H2,1-2H3,(H,18,19). The van der Waals surface area contributed by atoms with E-state index in [1.54, 1.807) is 6.20 Å². The Bertz CT molecular complexity index is 594. The molecule has 96 valence electrons. The molecule has 0 saturated heterocycles. The number of benzene rings is 1. The van der Waals surface area contributed by atoms with Crippen molar-refractivity contribution in [1.29, 1.82) is 5.26 Å². The van der Waals surface area contributed by atoms with Gasteiger partial charge in [-0.05, 0) is 42.7 Å². The van der Waals surface area contributed by atoms with Crippen LogP contribution >= 0.6 is 0 Å². The van der Waals surface area contributed by atoms with E-state index in [-0.39, 0.29) is 0 Å². The van der Waals surface area contributed by atoms with Crippen LogP contribution in [0.4, 0.5) is 11.5 Å². The summed E-state index contributed by atoms with van der Waals surface area (Å²) in [5.41, 5.74) is 3.81. The molecule has 0 atom stereocenters. The maximum absolute atomic E-state index is 9.16. The zero-order valence-electron chi connectivity index (χ0n) is 11.3. The Morgan fingerprint density at radius 1 is 1.21 bits per heavy atom. The van der Waals surface area contributed by atoms with Gasteiger partial charge in [-0.2, -0.15) is 5.26 Å². The van der Waals surface area contributed by atoms with Crippen molar-refractivity contribution in [2.75, 3.05) is 5.32 Å². The molecular formula is C16H17N3. The van der Waals surface area contributed by atoms with Crippen LogP contribution in [-0.2, 0) is 6.42 Å². The molecule has 0 radical (unpaired) electrons. The van der Waals surface area contributed by atoms with Crippen LogP contribution in [0.2, 0.25) is 0 Å². The normalized spacial score (nSPS) is 9.95. The Labute approximate surface area is 113 Å². The molecule has 3 nitrogen and oxygen atoms in total. The lowest BCUT2D eigenvalue weighted by molar-refractivity contribution is 0.922. The predicted octanol–water partition coefficient (Wildman–Crippen LogP) is 3.96. The van der Waals surface area contributed by atoms with E-state index in [4.69, 9.17) is 5.26 Å². The lowest BCUT2D eigenvalue weighted by Gasteiger charge is -2.09. The van der Waals surface area contributed by atoms with Gasteiger partial charge in [0, 0.05) is 11.9 Å². The topological polar surface area (TPSA) is 48.7 Å². The van der Waals surface area contributed by atoms with Crippen molar-refractivity contribution < 1.29 is 0 Å². The van der Waals surface area contributed by atoms with E-state index in [2.05, 4.69) is 35.4 Å². The van der Waals surface area contributed by atoms with Crippen LogP contribution in [0.15, 0.2) is 36.5 Å². The SMILES string of the molecule is CCCc1ccc(Nc2nccc(C)c2C#N)cc1. The molecule has 0 bridgehead atoms. The van der Waals surface area contributed by atoms with Gasteiger partial charge in [0.2, 0.25) is 0 Å². The second-order valence-electron chi connectivity index (χ2n) is 4.54. The monoisotopic (exact) mass is 251 g/mol. The van der Waals surface area contributed by atoms with E-state index in [0.29, 0.717) is 11.4 Å². The van der Waals surface area contributed by atoms with Gasteiger partial charge in [0.05, 0.1) is 5.56 Å². The highest BCUT2D eigenvalue weighted by Gasteiger charge is 2.06. The van der Waals surface area contributed by atoms with E-state index in [1.165, 1.54) is 5.56 Å². The van der Waals surface area contributed by atoms with Gasteiger partial charge >= 0.3 is 0 Å². The first-order chi connectivity index (χ1) is 9.24. The fourth-order valence-electron chi connectivity index (χ4n) is 1.97. The van der Waals surface area contributed by atoms with E-state index < -0.39 is 0 Å². The molecule has 0 aliphatic heterocycles. The Kier molecular flexibility index (Phi) is 4.15. The van der Waals surface area contributed by atoms with Crippen molar-refractivity contribution in [3.8, 4) is 6.07 Å². The second-order valence-corrected chi connectivity index (χ2v) is 4.54. The fraction of sp³-hybridized carbons (Fsp3) is 0.250. The number of aromatic nitrogens is 1. The van der Waals surface area contributed by atoms with Gasteiger partial charge in [-0.1, -0.05) is 25.5 Å². The maximum atomic E-state index is 9.16. The summed E-state index contributed by atoms with van der Waals surface area (Å²) in [6.45, 7) is 4.08. The van der Waals surface area contributed by atoms with Gasteiger partial charge in [-0.15, -0.1) is 0 Å². The highest BCUT2D eigenvalue weighted by molar-refractivity contribution is 5.64. The molecular weight excluding hydrogens is 234 g/mol. The number of nitrogens with zero attached hydrogens (tertiary/aromatic N) is 2. The molecule has 0 spiro atoms. The molecule has 1 aromatic heterocycles. The summed E-state index contributed by atoms with van der Waals surface area (Å²) in [4.78, 5) is 4.23. The van der Waals surface area contributed by atoms with E-state index in [0.717, 1.165) is 24.1 Å².